The normalized spacial score (nSPS) is 12.5. The van der Waals surface area contributed by atoms with E-state index in [2.05, 4.69) is 11.7 Å². The standard InChI is InChI=1S/C10H13ClO2S/c1-3-7(6-10(12)13-2)8-4-5-9(11)14-8/h4-5,7H,3,6H2,1-2H3. The van der Waals surface area contributed by atoms with Crippen LogP contribution in [0.3, 0.4) is 0 Å². The van der Waals surface area contributed by atoms with Crippen molar-refractivity contribution in [1.82, 2.24) is 0 Å². The molecule has 1 aromatic heterocycles. The van der Waals surface area contributed by atoms with E-state index in [1.165, 1.54) is 18.4 Å². The van der Waals surface area contributed by atoms with Crippen molar-refractivity contribution in [3.63, 3.8) is 0 Å². The van der Waals surface area contributed by atoms with Gasteiger partial charge >= 0.3 is 5.97 Å². The number of esters is 1. The van der Waals surface area contributed by atoms with Crippen molar-refractivity contribution in [3.05, 3.63) is 21.3 Å². The van der Waals surface area contributed by atoms with E-state index in [0.29, 0.717) is 6.42 Å². The van der Waals surface area contributed by atoms with Crippen molar-refractivity contribution in [1.29, 1.82) is 0 Å². The van der Waals surface area contributed by atoms with Gasteiger partial charge in [-0.25, -0.2) is 0 Å². The molecule has 0 spiro atoms. The third kappa shape index (κ3) is 3.00. The zero-order valence-electron chi connectivity index (χ0n) is 8.25. The van der Waals surface area contributed by atoms with Gasteiger partial charge in [-0.2, -0.15) is 0 Å². The summed E-state index contributed by atoms with van der Waals surface area (Å²) in [6.45, 7) is 2.06. The maximum Gasteiger partial charge on any atom is 0.306 e. The summed E-state index contributed by atoms with van der Waals surface area (Å²) in [6, 6.07) is 3.84. The van der Waals surface area contributed by atoms with Gasteiger partial charge in [-0.15, -0.1) is 11.3 Å². The second-order valence-electron chi connectivity index (χ2n) is 3.03. The minimum absolute atomic E-state index is 0.165. The van der Waals surface area contributed by atoms with E-state index < -0.39 is 0 Å². The molecule has 0 aliphatic rings. The molecule has 0 amide bonds. The van der Waals surface area contributed by atoms with Crippen LogP contribution in [-0.2, 0) is 9.53 Å². The lowest BCUT2D eigenvalue weighted by Gasteiger charge is -2.10. The minimum atomic E-state index is -0.165. The highest BCUT2D eigenvalue weighted by molar-refractivity contribution is 7.16. The molecule has 1 unspecified atom stereocenters. The van der Waals surface area contributed by atoms with Crippen LogP contribution < -0.4 is 0 Å². The fourth-order valence-corrected chi connectivity index (χ4v) is 2.52. The Hall–Kier alpha value is -0.540. The van der Waals surface area contributed by atoms with Crippen LogP contribution in [0.25, 0.3) is 0 Å². The van der Waals surface area contributed by atoms with Crippen LogP contribution in [-0.4, -0.2) is 13.1 Å². The van der Waals surface area contributed by atoms with Crippen molar-refractivity contribution in [2.75, 3.05) is 7.11 Å². The molecule has 2 nitrogen and oxygen atoms in total. The highest BCUT2D eigenvalue weighted by Gasteiger charge is 2.16. The fourth-order valence-electron chi connectivity index (χ4n) is 1.28. The molecule has 0 saturated heterocycles. The Morgan fingerprint density at radius 1 is 1.64 bits per heavy atom. The number of carbonyl (C=O) groups excluding carboxylic acids is 1. The molecule has 0 aromatic carbocycles. The number of hydrogen-bond acceptors (Lipinski definition) is 3. The summed E-state index contributed by atoms with van der Waals surface area (Å²) in [4.78, 5) is 12.3. The predicted molar refractivity (Wildman–Crippen MR) is 59.0 cm³/mol. The largest absolute Gasteiger partial charge is 0.469 e. The Balaban J connectivity index is 2.67. The lowest BCUT2D eigenvalue weighted by molar-refractivity contribution is -0.141. The Kier molecular flexibility index (Phi) is 4.42. The van der Waals surface area contributed by atoms with Crippen LogP contribution in [0.5, 0.6) is 0 Å². The van der Waals surface area contributed by atoms with E-state index in [4.69, 9.17) is 11.6 Å². The summed E-state index contributed by atoms with van der Waals surface area (Å²) < 4.78 is 5.41. The first kappa shape index (κ1) is 11.5. The van der Waals surface area contributed by atoms with Crippen molar-refractivity contribution in [2.24, 2.45) is 0 Å². The molecular weight excluding hydrogens is 220 g/mol. The van der Waals surface area contributed by atoms with Gasteiger partial charge in [-0.3, -0.25) is 4.79 Å². The lowest BCUT2D eigenvalue weighted by Crippen LogP contribution is -2.06. The topological polar surface area (TPSA) is 26.3 Å². The number of hydrogen-bond donors (Lipinski definition) is 0. The van der Waals surface area contributed by atoms with Gasteiger partial charge in [0.05, 0.1) is 17.9 Å². The van der Waals surface area contributed by atoms with Crippen LogP contribution in [0, 0.1) is 0 Å². The van der Waals surface area contributed by atoms with E-state index in [9.17, 15) is 4.79 Å². The first-order valence-electron chi connectivity index (χ1n) is 4.49. The maximum absolute atomic E-state index is 11.1. The molecule has 4 heteroatoms. The van der Waals surface area contributed by atoms with Gasteiger partial charge in [0, 0.05) is 10.8 Å². The molecule has 1 rings (SSSR count). The zero-order valence-corrected chi connectivity index (χ0v) is 9.82. The van der Waals surface area contributed by atoms with Gasteiger partial charge < -0.3 is 4.74 Å². The zero-order chi connectivity index (χ0) is 10.6. The smallest absolute Gasteiger partial charge is 0.306 e. The van der Waals surface area contributed by atoms with Crippen molar-refractivity contribution in [2.45, 2.75) is 25.7 Å². The summed E-state index contributed by atoms with van der Waals surface area (Å²) in [5.41, 5.74) is 0. The van der Waals surface area contributed by atoms with Crippen molar-refractivity contribution in [3.8, 4) is 0 Å². The molecule has 1 heterocycles. The molecule has 0 aliphatic heterocycles. The van der Waals surface area contributed by atoms with E-state index in [1.54, 1.807) is 0 Å². The monoisotopic (exact) mass is 232 g/mol. The molecule has 0 radical (unpaired) electrons. The molecule has 14 heavy (non-hydrogen) atoms. The predicted octanol–water partition coefficient (Wildman–Crippen LogP) is 3.46. The third-order valence-electron chi connectivity index (χ3n) is 2.13. The molecule has 1 atom stereocenters. The summed E-state index contributed by atoms with van der Waals surface area (Å²) in [7, 11) is 1.41. The molecule has 0 fully saturated rings. The Bertz CT molecular complexity index is 309. The molecule has 78 valence electrons. The Morgan fingerprint density at radius 3 is 2.79 bits per heavy atom. The number of carbonyl (C=O) groups is 1. The Labute approximate surface area is 92.8 Å². The van der Waals surface area contributed by atoms with Gasteiger partial charge in [0.2, 0.25) is 0 Å². The summed E-state index contributed by atoms with van der Waals surface area (Å²) in [5, 5.41) is 0. The summed E-state index contributed by atoms with van der Waals surface area (Å²) in [5.74, 6) is 0.0707. The number of rotatable bonds is 4. The van der Waals surface area contributed by atoms with Gasteiger partial charge in [0.1, 0.15) is 0 Å². The molecule has 0 bridgehead atoms. The fraction of sp³-hybridized carbons (Fsp3) is 0.500. The second kappa shape index (κ2) is 5.37. The van der Waals surface area contributed by atoms with Crippen LogP contribution in [0.4, 0.5) is 0 Å². The van der Waals surface area contributed by atoms with Crippen LogP contribution in [0.2, 0.25) is 4.34 Å². The van der Waals surface area contributed by atoms with Gasteiger partial charge in [-0.05, 0) is 18.6 Å². The lowest BCUT2D eigenvalue weighted by atomic mass is 10.0. The van der Waals surface area contributed by atoms with E-state index in [-0.39, 0.29) is 11.9 Å². The van der Waals surface area contributed by atoms with Crippen LogP contribution in [0.15, 0.2) is 12.1 Å². The number of methoxy groups -OCH3 is 1. The highest BCUT2D eigenvalue weighted by atomic mass is 35.5. The van der Waals surface area contributed by atoms with Gasteiger partial charge in [-0.1, -0.05) is 18.5 Å². The maximum atomic E-state index is 11.1. The Morgan fingerprint density at radius 2 is 2.36 bits per heavy atom. The SMILES string of the molecule is CCC(CC(=O)OC)c1ccc(Cl)s1. The average molecular weight is 233 g/mol. The second-order valence-corrected chi connectivity index (χ2v) is 4.77. The van der Waals surface area contributed by atoms with E-state index >= 15 is 0 Å². The molecule has 1 aromatic rings. The quantitative estimate of drug-likeness (QED) is 0.744. The molecule has 0 N–H and O–H groups in total. The van der Waals surface area contributed by atoms with Crippen molar-refractivity contribution >= 4 is 28.9 Å². The number of thiophene rings is 1. The average Bonchev–Trinajstić information content (AvgIpc) is 2.60. The third-order valence-corrected chi connectivity index (χ3v) is 3.52. The van der Waals surface area contributed by atoms with Crippen molar-refractivity contribution < 1.29 is 9.53 Å². The van der Waals surface area contributed by atoms with E-state index in [0.717, 1.165) is 15.6 Å². The summed E-state index contributed by atoms with van der Waals surface area (Å²) >= 11 is 7.36. The molecule has 0 aliphatic carbocycles. The first-order chi connectivity index (χ1) is 6.67. The number of ether oxygens (including phenoxy) is 1. The number of halogens is 1. The molecular formula is C10H13ClO2S. The molecule has 0 saturated carbocycles. The summed E-state index contributed by atoms with van der Waals surface area (Å²) in [6.07, 6.45) is 1.36. The van der Waals surface area contributed by atoms with E-state index in [1.807, 2.05) is 12.1 Å². The van der Waals surface area contributed by atoms with Crippen LogP contribution >= 0.6 is 22.9 Å². The minimum Gasteiger partial charge on any atom is -0.469 e. The van der Waals surface area contributed by atoms with Crippen LogP contribution in [0.1, 0.15) is 30.6 Å². The first-order valence-corrected chi connectivity index (χ1v) is 5.68. The van der Waals surface area contributed by atoms with Gasteiger partial charge in [0.25, 0.3) is 0 Å². The van der Waals surface area contributed by atoms with Gasteiger partial charge in [0.15, 0.2) is 0 Å². The highest BCUT2D eigenvalue weighted by Crippen LogP contribution is 2.32.